The number of benzene rings is 8. The van der Waals surface area contributed by atoms with Gasteiger partial charge in [0.15, 0.2) is 0 Å². The topological polar surface area (TPSA) is 4.93 Å². The fourth-order valence-electron chi connectivity index (χ4n) is 7.30. The summed E-state index contributed by atoms with van der Waals surface area (Å²) in [7, 11) is 0. The largest absolute Gasteiger partial charge is 0.340 e. The molecule has 9 rings (SSSR count). The molecule has 0 unspecified atom stereocenters. The molecule has 0 spiro atoms. The third kappa shape index (κ3) is 3.24. The van der Waals surface area contributed by atoms with Crippen LogP contribution >= 0.6 is 0 Å². The lowest BCUT2D eigenvalue weighted by molar-refractivity contribution is 0.665. The van der Waals surface area contributed by atoms with Crippen LogP contribution in [0.25, 0.3) is 86.4 Å². The van der Waals surface area contributed by atoms with Gasteiger partial charge in [0.2, 0.25) is 0 Å². The summed E-state index contributed by atoms with van der Waals surface area (Å²) in [5.41, 5.74) is 2.68. The lowest BCUT2D eigenvalue weighted by Crippen LogP contribution is -1.97. The Labute approximate surface area is 238 Å². The first-order valence-electron chi connectivity index (χ1n) is 14.8. The molecule has 0 atom stereocenters. The number of hydrogen-bond acceptors (Lipinski definition) is 0. The van der Waals surface area contributed by atoms with Crippen LogP contribution in [0.15, 0.2) is 121 Å². The summed E-state index contributed by atoms with van der Waals surface area (Å²) in [5, 5.41) is 18.6. The van der Waals surface area contributed by atoms with Crippen LogP contribution in [0.4, 0.5) is 0 Å². The highest BCUT2D eigenvalue weighted by atomic mass is 15.0. The molecule has 0 aliphatic heterocycles. The van der Waals surface area contributed by atoms with Crippen LogP contribution in [0.3, 0.4) is 0 Å². The predicted octanol–water partition coefficient (Wildman–Crippen LogP) is 11.5. The van der Waals surface area contributed by atoms with Gasteiger partial charge in [-0.05, 0) is 95.3 Å². The molecular formula is C40H29N. The quantitative estimate of drug-likeness (QED) is 0.203. The minimum absolute atomic E-state index is 1.02. The molecule has 194 valence electrons. The van der Waals surface area contributed by atoms with Gasteiger partial charge in [-0.25, -0.2) is 0 Å². The van der Waals surface area contributed by atoms with E-state index in [9.17, 15) is 0 Å². The van der Waals surface area contributed by atoms with E-state index in [1.54, 1.807) is 0 Å². The second-order valence-corrected chi connectivity index (χ2v) is 11.6. The lowest BCUT2D eigenvalue weighted by atomic mass is 9.94. The minimum atomic E-state index is 1.02. The Morgan fingerprint density at radius 1 is 0.415 bits per heavy atom. The van der Waals surface area contributed by atoms with Gasteiger partial charge in [-0.15, -0.1) is 0 Å². The van der Waals surface area contributed by atoms with Crippen LogP contribution in [-0.4, -0.2) is 4.57 Å². The van der Waals surface area contributed by atoms with Gasteiger partial charge in [-0.3, -0.25) is 0 Å². The standard InChI is InChI=1S/C40H29N/c1-2-3-20-41-37-23-33-29(18-16-27-14-12-25-8-4-6-10-31(25)39(27)33)21-35(37)36-22-30-19-17-28-15-13-26-9-5-7-11-32(26)40(28)34(30)24-38(36)41/h4-19,21-24H,2-3,20H2,1H3. The zero-order valence-electron chi connectivity index (χ0n) is 23.1. The second kappa shape index (κ2) is 8.56. The van der Waals surface area contributed by atoms with Crippen molar-refractivity contribution in [3.05, 3.63) is 121 Å². The highest BCUT2D eigenvalue weighted by Gasteiger charge is 2.16. The molecule has 0 fully saturated rings. The van der Waals surface area contributed by atoms with Crippen LogP contribution < -0.4 is 0 Å². The van der Waals surface area contributed by atoms with Crippen molar-refractivity contribution >= 4 is 86.4 Å². The maximum absolute atomic E-state index is 2.60. The lowest BCUT2D eigenvalue weighted by Gasteiger charge is -2.11. The SMILES string of the molecule is CCCCn1c2cc3c(ccc4ccc5ccccc5c43)cc2c2cc3ccc4ccc5ccccc5c4c3cc21. The molecule has 0 radical (unpaired) electrons. The number of hydrogen-bond donors (Lipinski definition) is 0. The third-order valence-corrected chi connectivity index (χ3v) is 9.29. The molecule has 0 bridgehead atoms. The van der Waals surface area contributed by atoms with Gasteiger partial charge >= 0.3 is 0 Å². The van der Waals surface area contributed by atoms with Crippen molar-refractivity contribution in [1.82, 2.24) is 4.57 Å². The van der Waals surface area contributed by atoms with E-state index in [0.717, 1.165) is 13.0 Å². The molecule has 8 aromatic carbocycles. The Morgan fingerprint density at radius 3 is 1.34 bits per heavy atom. The average Bonchev–Trinajstić information content (AvgIpc) is 3.32. The van der Waals surface area contributed by atoms with E-state index >= 15 is 0 Å². The zero-order chi connectivity index (χ0) is 27.1. The van der Waals surface area contributed by atoms with Crippen LogP contribution in [-0.2, 0) is 6.54 Å². The molecule has 0 saturated heterocycles. The van der Waals surface area contributed by atoms with E-state index in [1.807, 2.05) is 0 Å². The Balaban J connectivity index is 1.46. The van der Waals surface area contributed by atoms with Crippen molar-refractivity contribution in [3.8, 4) is 0 Å². The Bertz CT molecular complexity index is 2340. The molecular weight excluding hydrogens is 494 g/mol. The van der Waals surface area contributed by atoms with Gasteiger partial charge in [-0.1, -0.05) is 110 Å². The van der Waals surface area contributed by atoms with E-state index in [1.165, 1.54) is 92.9 Å². The van der Waals surface area contributed by atoms with Crippen LogP contribution in [0.2, 0.25) is 0 Å². The molecule has 0 aliphatic carbocycles. The fraction of sp³-hybridized carbons (Fsp3) is 0.100. The summed E-state index contributed by atoms with van der Waals surface area (Å²) >= 11 is 0. The first-order chi connectivity index (χ1) is 20.3. The highest BCUT2D eigenvalue weighted by molar-refractivity contribution is 6.27. The molecule has 9 aromatic rings. The minimum Gasteiger partial charge on any atom is -0.340 e. The number of unbranched alkanes of at least 4 members (excludes halogenated alkanes) is 1. The molecule has 0 amide bonds. The molecule has 1 heteroatoms. The van der Waals surface area contributed by atoms with E-state index in [4.69, 9.17) is 0 Å². The van der Waals surface area contributed by atoms with E-state index in [2.05, 4.69) is 133 Å². The number of aryl methyl sites for hydroxylation is 1. The molecule has 0 N–H and O–H groups in total. The van der Waals surface area contributed by atoms with Gasteiger partial charge in [0.25, 0.3) is 0 Å². The van der Waals surface area contributed by atoms with Crippen LogP contribution in [0, 0.1) is 0 Å². The third-order valence-electron chi connectivity index (χ3n) is 9.29. The van der Waals surface area contributed by atoms with Crippen molar-refractivity contribution in [2.45, 2.75) is 26.3 Å². The summed E-state index contributed by atoms with van der Waals surface area (Å²) in [6.07, 6.45) is 2.33. The maximum atomic E-state index is 2.60. The summed E-state index contributed by atoms with van der Waals surface area (Å²) in [6.45, 7) is 3.31. The van der Waals surface area contributed by atoms with Gasteiger partial charge in [0, 0.05) is 28.4 Å². The van der Waals surface area contributed by atoms with Gasteiger partial charge in [0.05, 0.1) is 0 Å². The molecule has 41 heavy (non-hydrogen) atoms. The number of nitrogens with zero attached hydrogens (tertiary/aromatic N) is 1. The summed E-state index contributed by atoms with van der Waals surface area (Å²) < 4.78 is 2.60. The summed E-state index contributed by atoms with van der Waals surface area (Å²) in [6, 6.07) is 45.7. The normalized spacial score (nSPS) is 12.3. The van der Waals surface area contributed by atoms with Crippen molar-refractivity contribution < 1.29 is 0 Å². The average molecular weight is 524 g/mol. The number of rotatable bonds is 3. The first kappa shape index (κ1) is 22.9. The van der Waals surface area contributed by atoms with E-state index < -0.39 is 0 Å². The summed E-state index contributed by atoms with van der Waals surface area (Å²) in [5.74, 6) is 0. The van der Waals surface area contributed by atoms with Gasteiger partial charge in [0.1, 0.15) is 0 Å². The predicted molar refractivity (Wildman–Crippen MR) is 179 cm³/mol. The molecule has 0 saturated carbocycles. The van der Waals surface area contributed by atoms with E-state index in [-0.39, 0.29) is 0 Å². The number of fused-ring (bicyclic) bond motifs is 13. The van der Waals surface area contributed by atoms with Crippen LogP contribution in [0.1, 0.15) is 19.8 Å². The molecule has 1 aromatic heterocycles. The molecule has 1 nitrogen and oxygen atoms in total. The monoisotopic (exact) mass is 523 g/mol. The fourth-order valence-corrected chi connectivity index (χ4v) is 7.30. The zero-order valence-corrected chi connectivity index (χ0v) is 23.1. The molecule has 0 aliphatic rings. The first-order valence-corrected chi connectivity index (χ1v) is 14.8. The maximum Gasteiger partial charge on any atom is 0.0498 e. The van der Waals surface area contributed by atoms with Crippen molar-refractivity contribution in [1.29, 1.82) is 0 Å². The van der Waals surface area contributed by atoms with Crippen molar-refractivity contribution in [2.75, 3.05) is 0 Å². The second-order valence-electron chi connectivity index (χ2n) is 11.6. The Kier molecular flexibility index (Phi) is 4.78. The molecule has 1 heterocycles. The smallest absolute Gasteiger partial charge is 0.0498 e. The Hall–Kier alpha value is -4.88. The van der Waals surface area contributed by atoms with E-state index in [0.29, 0.717) is 0 Å². The Morgan fingerprint density at radius 2 is 0.854 bits per heavy atom. The van der Waals surface area contributed by atoms with Crippen molar-refractivity contribution in [2.24, 2.45) is 0 Å². The van der Waals surface area contributed by atoms with Gasteiger partial charge < -0.3 is 4.57 Å². The van der Waals surface area contributed by atoms with Gasteiger partial charge in [-0.2, -0.15) is 0 Å². The van der Waals surface area contributed by atoms with Crippen LogP contribution in [0.5, 0.6) is 0 Å². The number of aromatic nitrogens is 1. The highest BCUT2D eigenvalue weighted by Crippen LogP contribution is 2.41. The summed E-state index contributed by atoms with van der Waals surface area (Å²) in [4.78, 5) is 0. The van der Waals surface area contributed by atoms with Crippen molar-refractivity contribution in [3.63, 3.8) is 0 Å².